The Hall–Kier alpha value is -0.120. The van der Waals surface area contributed by atoms with Crippen LogP contribution in [-0.4, -0.2) is 28.7 Å². The second kappa shape index (κ2) is 3.32. The Morgan fingerprint density at radius 2 is 2.20 bits per heavy atom. The van der Waals surface area contributed by atoms with Crippen molar-refractivity contribution in [3.63, 3.8) is 0 Å². The smallest absolute Gasteiger partial charge is 0.181 e. The van der Waals surface area contributed by atoms with Gasteiger partial charge in [-0.3, -0.25) is 0 Å². The molecule has 1 heterocycles. The molecule has 1 aliphatic rings. The minimum Gasteiger partial charge on any atom is -0.388 e. The van der Waals surface area contributed by atoms with Crippen LogP contribution in [-0.2, 0) is 4.74 Å². The normalized spacial score (nSPS) is 40.5. The average molecular weight is 146 g/mol. The van der Waals surface area contributed by atoms with E-state index < -0.39 is 12.4 Å². The second-order valence-electron chi connectivity index (χ2n) is 2.74. The van der Waals surface area contributed by atoms with Gasteiger partial charge in [0.25, 0.3) is 0 Å². The highest BCUT2D eigenvalue weighted by atomic mass is 16.6. The molecule has 1 fully saturated rings. The minimum atomic E-state index is -0.948. The highest BCUT2D eigenvalue weighted by molar-refractivity contribution is 4.74. The zero-order valence-electron chi connectivity index (χ0n) is 6.16. The fourth-order valence-corrected chi connectivity index (χ4v) is 1.24. The Morgan fingerprint density at radius 3 is 2.60 bits per heavy atom. The molecule has 2 N–H and O–H groups in total. The molecule has 3 nitrogen and oxygen atoms in total. The van der Waals surface area contributed by atoms with E-state index in [1.807, 2.05) is 0 Å². The van der Waals surface area contributed by atoms with Crippen LogP contribution in [0.15, 0.2) is 0 Å². The van der Waals surface area contributed by atoms with Gasteiger partial charge < -0.3 is 14.9 Å². The summed E-state index contributed by atoms with van der Waals surface area (Å²) in [6.45, 7) is 2.06. The molecule has 3 atom stereocenters. The largest absolute Gasteiger partial charge is 0.388 e. The van der Waals surface area contributed by atoms with Crippen molar-refractivity contribution in [2.45, 2.75) is 44.7 Å². The van der Waals surface area contributed by atoms with Gasteiger partial charge in [0.05, 0.1) is 6.10 Å². The number of aliphatic hydroxyl groups is 2. The summed E-state index contributed by atoms with van der Waals surface area (Å²) in [4.78, 5) is 0. The van der Waals surface area contributed by atoms with E-state index in [9.17, 15) is 0 Å². The zero-order valence-corrected chi connectivity index (χ0v) is 6.16. The van der Waals surface area contributed by atoms with Crippen molar-refractivity contribution in [1.29, 1.82) is 0 Å². The van der Waals surface area contributed by atoms with Crippen LogP contribution >= 0.6 is 0 Å². The number of hydrogen-bond donors (Lipinski definition) is 2. The van der Waals surface area contributed by atoms with Crippen molar-refractivity contribution >= 4 is 0 Å². The molecule has 0 aromatic carbocycles. The molecule has 60 valence electrons. The van der Waals surface area contributed by atoms with Gasteiger partial charge in [0.1, 0.15) is 6.10 Å². The van der Waals surface area contributed by atoms with E-state index in [0.29, 0.717) is 6.42 Å². The number of rotatable bonds is 2. The Morgan fingerprint density at radius 1 is 1.50 bits per heavy atom. The van der Waals surface area contributed by atoms with Crippen LogP contribution in [0.25, 0.3) is 0 Å². The van der Waals surface area contributed by atoms with Crippen molar-refractivity contribution in [2.24, 2.45) is 0 Å². The first-order chi connectivity index (χ1) is 4.74. The van der Waals surface area contributed by atoms with Crippen molar-refractivity contribution in [1.82, 2.24) is 0 Å². The van der Waals surface area contributed by atoms with E-state index in [1.165, 1.54) is 0 Å². The van der Waals surface area contributed by atoms with Crippen LogP contribution in [0.5, 0.6) is 0 Å². The van der Waals surface area contributed by atoms with Gasteiger partial charge in [-0.1, -0.05) is 13.3 Å². The first-order valence-corrected chi connectivity index (χ1v) is 3.75. The lowest BCUT2D eigenvalue weighted by molar-refractivity contribution is -0.127. The van der Waals surface area contributed by atoms with Crippen LogP contribution < -0.4 is 0 Å². The fourth-order valence-electron chi connectivity index (χ4n) is 1.24. The molecule has 0 aliphatic carbocycles. The fraction of sp³-hybridized carbons (Fsp3) is 1.00. The summed E-state index contributed by atoms with van der Waals surface area (Å²) in [5.41, 5.74) is 0. The summed E-state index contributed by atoms with van der Waals surface area (Å²) in [6.07, 6.45) is 0.982. The number of aliphatic hydroxyl groups excluding tert-OH is 2. The maximum atomic E-state index is 9.02. The lowest BCUT2D eigenvalue weighted by atomic mass is 10.1. The van der Waals surface area contributed by atoms with Crippen LogP contribution in [0.4, 0.5) is 0 Å². The summed E-state index contributed by atoms with van der Waals surface area (Å²) in [5.74, 6) is 0. The summed E-state index contributed by atoms with van der Waals surface area (Å²) in [5, 5.41) is 17.9. The van der Waals surface area contributed by atoms with Gasteiger partial charge in [0.2, 0.25) is 0 Å². The third-order valence-corrected chi connectivity index (χ3v) is 1.78. The summed E-state index contributed by atoms with van der Waals surface area (Å²) in [6, 6.07) is 0. The lowest BCUT2D eigenvalue weighted by Gasteiger charge is -2.06. The van der Waals surface area contributed by atoms with Crippen LogP contribution in [0.1, 0.15) is 26.2 Å². The molecule has 0 amide bonds. The first-order valence-electron chi connectivity index (χ1n) is 3.75. The van der Waals surface area contributed by atoms with Gasteiger partial charge in [-0.15, -0.1) is 0 Å². The third kappa shape index (κ3) is 1.68. The predicted molar refractivity (Wildman–Crippen MR) is 36.4 cm³/mol. The maximum absolute atomic E-state index is 9.02. The monoisotopic (exact) mass is 146 g/mol. The molecule has 3 unspecified atom stereocenters. The molecule has 1 rings (SSSR count). The van der Waals surface area contributed by atoms with Gasteiger partial charge in [-0.25, -0.2) is 0 Å². The lowest BCUT2D eigenvalue weighted by Crippen LogP contribution is -2.19. The van der Waals surface area contributed by atoms with Crippen molar-refractivity contribution in [2.75, 3.05) is 0 Å². The SMILES string of the molecule is CCCC1CC(O)C(O)O1. The Bertz CT molecular complexity index is 95.0. The molecule has 3 heteroatoms. The molecule has 1 saturated heterocycles. The summed E-state index contributed by atoms with van der Waals surface area (Å²) >= 11 is 0. The standard InChI is InChI=1S/C7H14O3/c1-2-3-5-4-6(8)7(9)10-5/h5-9H,2-4H2,1H3. The number of ether oxygens (including phenoxy) is 1. The van der Waals surface area contributed by atoms with E-state index in [-0.39, 0.29) is 6.10 Å². The zero-order chi connectivity index (χ0) is 7.56. The van der Waals surface area contributed by atoms with Crippen LogP contribution in [0, 0.1) is 0 Å². The van der Waals surface area contributed by atoms with Crippen molar-refractivity contribution in [3.05, 3.63) is 0 Å². The molecule has 0 spiro atoms. The molecular formula is C7H14O3. The highest BCUT2D eigenvalue weighted by Gasteiger charge is 2.31. The molecule has 0 bridgehead atoms. The van der Waals surface area contributed by atoms with Crippen molar-refractivity contribution in [3.8, 4) is 0 Å². The average Bonchev–Trinajstić information content (AvgIpc) is 2.14. The second-order valence-corrected chi connectivity index (χ2v) is 2.74. The van der Waals surface area contributed by atoms with E-state index in [2.05, 4.69) is 6.92 Å². The first kappa shape index (κ1) is 7.98. The van der Waals surface area contributed by atoms with E-state index in [1.54, 1.807) is 0 Å². The molecule has 0 aromatic heterocycles. The van der Waals surface area contributed by atoms with Crippen LogP contribution in [0.3, 0.4) is 0 Å². The third-order valence-electron chi connectivity index (χ3n) is 1.78. The molecule has 0 aromatic rings. The maximum Gasteiger partial charge on any atom is 0.181 e. The van der Waals surface area contributed by atoms with Gasteiger partial charge >= 0.3 is 0 Å². The molecule has 0 radical (unpaired) electrons. The molecular weight excluding hydrogens is 132 g/mol. The minimum absolute atomic E-state index is 0.0648. The van der Waals surface area contributed by atoms with Gasteiger partial charge in [0.15, 0.2) is 6.29 Å². The van der Waals surface area contributed by atoms with E-state index in [0.717, 1.165) is 12.8 Å². The Labute approximate surface area is 60.6 Å². The highest BCUT2D eigenvalue weighted by Crippen LogP contribution is 2.21. The van der Waals surface area contributed by atoms with E-state index in [4.69, 9.17) is 14.9 Å². The Kier molecular flexibility index (Phi) is 2.65. The molecule has 10 heavy (non-hydrogen) atoms. The van der Waals surface area contributed by atoms with E-state index >= 15 is 0 Å². The summed E-state index contributed by atoms with van der Waals surface area (Å²) < 4.78 is 5.02. The predicted octanol–water partition coefficient (Wildman–Crippen LogP) is 0.255. The molecule has 0 saturated carbocycles. The number of hydrogen-bond acceptors (Lipinski definition) is 3. The summed E-state index contributed by atoms with van der Waals surface area (Å²) in [7, 11) is 0. The van der Waals surface area contributed by atoms with Crippen molar-refractivity contribution < 1.29 is 14.9 Å². The van der Waals surface area contributed by atoms with Crippen LogP contribution in [0.2, 0.25) is 0 Å². The topological polar surface area (TPSA) is 49.7 Å². The van der Waals surface area contributed by atoms with Gasteiger partial charge in [-0.2, -0.15) is 0 Å². The Balaban J connectivity index is 2.27. The van der Waals surface area contributed by atoms with Gasteiger partial charge in [-0.05, 0) is 6.42 Å². The molecule has 1 aliphatic heterocycles. The van der Waals surface area contributed by atoms with Gasteiger partial charge in [0, 0.05) is 6.42 Å². The quantitative estimate of drug-likeness (QED) is 0.587.